The highest BCUT2D eigenvalue weighted by Crippen LogP contribution is 2.49. The van der Waals surface area contributed by atoms with Crippen molar-refractivity contribution in [3.8, 4) is 0 Å². The van der Waals surface area contributed by atoms with Gasteiger partial charge >= 0.3 is 0 Å². The van der Waals surface area contributed by atoms with Crippen LogP contribution in [0.5, 0.6) is 0 Å². The molecular weight excluding hydrogens is 100 g/mol. The molecule has 2 nitrogen and oxygen atoms in total. The van der Waals surface area contributed by atoms with Crippen molar-refractivity contribution in [2.45, 2.75) is 18.9 Å². The first-order valence-electron chi connectivity index (χ1n) is 3.30. The number of hydrogen-bond acceptors (Lipinski definition) is 2. The Morgan fingerprint density at radius 1 is 1.50 bits per heavy atom. The average molecular weight is 112 g/mol. The van der Waals surface area contributed by atoms with Crippen LogP contribution in [-0.4, -0.2) is 19.1 Å². The van der Waals surface area contributed by atoms with Gasteiger partial charge in [-0.05, 0) is 18.3 Å². The Morgan fingerprint density at radius 3 is 2.50 bits per heavy atom. The van der Waals surface area contributed by atoms with Crippen molar-refractivity contribution in [3.05, 3.63) is 0 Å². The van der Waals surface area contributed by atoms with Crippen molar-refractivity contribution in [2.75, 3.05) is 13.1 Å². The zero-order valence-corrected chi connectivity index (χ0v) is 4.98. The van der Waals surface area contributed by atoms with Crippen molar-refractivity contribution in [2.24, 2.45) is 11.1 Å². The average Bonchev–Trinajstić information content (AvgIpc) is 2.39. The monoisotopic (exact) mass is 112 g/mol. The quantitative estimate of drug-likeness (QED) is 0.451. The summed E-state index contributed by atoms with van der Waals surface area (Å²) in [6.45, 7) is 2.22. The molecule has 0 bridgehead atoms. The summed E-state index contributed by atoms with van der Waals surface area (Å²) in [6.07, 6.45) is 2.72. The molecule has 1 aliphatic heterocycles. The lowest BCUT2D eigenvalue weighted by atomic mass is 10.0. The van der Waals surface area contributed by atoms with Gasteiger partial charge in [-0.1, -0.05) is 0 Å². The van der Waals surface area contributed by atoms with Gasteiger partial charge in [-0.15, -0.1) is 0 Å². The lowest BCUT2D eigenvalue weighted by Gasteiger charge is -2.08. The molecule has 1 atom stereocenters. The lowest BCUT2D eigenvalue weighted by Crippen LogP contribution is -2.29. The minimum Gasteiger partial charge on any atom is -0.326 e. The van der Waals surface area contributed by atoms with Crippen LogP contribution < -0.4 is 11.1 Å². The first-order valence-corrected chi connectivity index (χ1v) is 3.30. The lowest BCUT2D eigenvalue weighted by molar-refractivity contribution is 0.498. The van der Waals surface area contributed by atoms with E-state index in [9.17, 15) is 0 Å². The first-order chi connectivity index (χ1) is 3.83. The maximum Gasteiger partial charge on any atom is 0.0234 e. The Hall–Kier alpha value is -0.0800. The number of rotatable bonds is 0. The molecular formula is C6H12N2. The van der Waals surface area contributed by atoms with E-state index in [4.69, 9.17) is 5.73 Å². The summed E-state index contributed by atoms with van der Waals surface area (Å²) in [5.41, 5.74) is 6.38. The van der Waals surface area contributed by atoms with Crippen LogP contribution in [0.3, 0.4) is 0 Å². The summed E-state index contributed by atoms with van der Waals surface area (Å²) in [4.78, 5) is 0. The first kappa shape index (κ1) is 4.77. The van der Waals surface area contributed by atoms with E-state index in [1.165, 1.54) is 19.4 Å². The summed E-state index contributed by atoms with van der Waals surface area (Å²) < 4.78 is 0. The van der Waals surface area contributed by atoms with Crippen LogP contribution in [0, 0.1) is 5.41 Å². The van der Waals surface area contributed by atoms with Crippen LogP contribution in [0.4, 0.5) is 0 Å². The van der Waals surface area contributed by atoms with Crippen LogP contribution in [0.2, 0.25) is 0 Å². The molecule has 0 aromatic carbocycles. The molecule has 0 radical (unpaired) electrons. The van der Waals surface area contributed by atoms with Gasteiger partial charge in [-0.2, -0.15) is 0 Å². The van der Waals surface area contributed by atoms with E-state index in [2.05, 4.69) is 5.32 Å². The minimum absolute atomic E-state index is 0.461. The van der Waals surface area contributed by atoms with Gasteiger partial charge in [0.05, 0.1) is 0 Å². The Balaban J connectivity index is 2.12. The predicted molar refractivity (Wildman–Crippen MR) is 32.5 cm³/mol. The fraction of sp³-hybridized carbons (Fsp3) is 1.00. The third kappa shape index (κ3) is 0.446. The molecule has 2 rings (SSSR count). The van der Waals surface area contributed by atoms with Crippen molar-refractivity contribution < 1.29 is 0 Å². The number of hydrogen-bond donors (Lipinski definition) is 2. The van der Waals surface area contributed by atoms with E-state index >= 15 is 0 Å². The Morgan fingerprint density at radius 2 is 2.25 bits per heavy atom. The summed E-state index contributed by atoms with van der Waals surface area (Å²) in [6, 6.07) is 0.461. The van der Waals surface area contributed by atoms with E-state index in [0.717, 1.165) is 6.54 Å². The molecule has 2 fully saturated rings. The van der Waals surface area contributed by atoms with E-state index in [1.54, 1.807) is 0 Å². The van der Waals surface area contributed by atoms with Crippen LogP contribution in [-0.2, 0) is 0 Å². The highest BCUT2D eigenvalue weighted by atomic mass is 15.0. The van der Waals surface area contributed by atoms with Gasteiger partial charge in [0.15, 0.2) is 0 Å². The van der Waals surface area contributed by atoms with Crippen LogP contribution in [0.1, 0.15) is 12.8 Å². The molecule has 1 spiro atoms. The van der Waals surface area contributed by atoms with Gasteiger partial charge in [0.25, 0.3) is 0 Å². The second kappa shape index (κ2) is 1.25. The topological polar surface area (TPSA) is 38.0 Å². The van der Waals surface area contributed by atoms with Crippen LogP contribution >= 0.6 is 0 Å². The summed E-state index contributed by atoms with van der Waals surface area (Å²) in [5.74, 6) is 0. The van der Waals surface area contributed by atoms with E-state index < -0.39 is 0 Å². The molecule has 1 heterocycles. The fourth-order valence-corrected chi connectivity index (χ4v) is 1.53. The van der Waals surface area contributed by atoms with Crippen LogP contribution in [0.25, 0.3) is 0 Å². The van der Waals surface area contributed by atoms with Gasteiger partial charge < -0.3 is 11.1 Å². The highest BCUT2D eigenvalue weighted by Gasteiger charge is 2.50. The normalized spacial score (nSPS) is 40.9. The zero-order valence-electron chi connectivity index (χ0n) is 4.98. The Bertz CT molecular complexity index is 107. The third-order valence-corrected chi connectivity index (χ3v) is 2.52. The predicted octanol–water partition coefficient (Wildman–Crippen LogP) is -0.303. The van der Waals surface area contributed by atoms with E-state index in [-0.39, 0.29) is 0 Å². The molecule has 46 valence electrons. The Kier molecular flexibility index (Phi) is 0.746. The molecule has 0 aromatic heterocycles. The standard InChI is InChI=1S/C6H12N2/c7-5-3-8-4-6(5)1-2-6/h5,8H,1-4,7H2/t5-/m1/s1. The van der Waals surface area contributed by atoms with Crippen molar-refractivity contribution >= 4 is 0 Å². The molecule has 1 saturated carbocycles. The fourth-order valence-electron chi connectivity index (χ4n) is 1.53. The molecule has 2 heteroatoms. The molecule has 0 aromatic rings. The van der Waals surface area contributed by atoms with Gasteiger partial charge in [-0.3, -0.25) is 0 Å². The van der Waals surface area contributed by atoms with Crippen molar-refractivity contribution in [1.82, 2.24) is 5.32 Å². The number of nitrogens with one attached hydrogen (secondary N) is 1. The maximum absolute atomic E-state index is 5.81. The molecule has 1 saturated heterocycles. The van der Waals surface area contributed by atoms with Gasteiger partial charge in [0, 0.05) is 19.1 Å². The highest BCUT2D eigenvalue weighted by molar-refractivity contribution is 5.07. The molecule has 0 unspecified atom stereocenters. The second-order valence-electron chi connectivity index (χ2n) is 3.10. The summed E-state index contributed by atoms with van der Waals surface area (Å²) >= 11 is 0. The van der Waals surface area contributed by atoms with Crippen molar-refractivity contribution in [1.29, 1.82) is 0 Å². The molecule has 0 amide bonds. The Labute approximate surface area is 49.4 Å². The second-order valence-corrected chi connectivity index (χ2v) is 3.10. The van der Waals surface area contributed by atoms with Gasteiger partial charge in [0.2, 0.25) is 0 Å². The number of nitrogens with two attached hydrogens (primary N) is 1. The summed E-state index contributed by atoms with van der Waals surface area (Å²) in [5, 5.41) is 3.30. The zero-order chi connectivity index (χ0) is 5.61. The molecule has 8 heavy (non-hydrogen) atoms. The van der Waals surface area contributed by atoms with Crippen LogP contribution in [0.15, 0.2) is 0 Å². The molecule has 2 aliphatic rings. The SMILES string of the molecule is N[C@@H]1CNCC12CC2. The smallest absolute Gasteiger partial charge is 0.0234 e. The summed E-state index contributed by atoms with van der Waals surface area (Å²) in [7, 11) is 0. The van der Waals surface area contributed by atoms with Crippen molar-refractivity contribution in [3.63, 3.8) is 0 Å². The largest absolute Gasteiger partial charge is 0.326 e. The van der Waals surface area contributed by atoms with E-state index in [1.807, 2.05) is 0 Å². The van der Waals surface area contributed by atoms with Gasteiger partial charge in [0.1, 0.15) is 0 Å². The molecule has 1 aliphatic carbocycles. The third-order valence-electron chi connectivity index (χ3n) is 2.52. The van der Waals surface area contributed by atoms with E-state index in [0.29, 0.717) is 11.5 Å². The molecule has 3 N–H and O–H groups in total. The minimum atomic E-state index is 0.461. The van der Waals surface area contributed by atoms with Gasteiger partial charge in [-0.25, -0.2) is 0 Å². The maximum atomic E-state index is 5.81.